The molecule has 0 aliphatic rings. The van der Waals surface area contributed by atoms with Crippen molar-refractivity contribution < 1.29 is 23.5 Å². The molecule has 0 aliphatic carbocycles. The predicted molar refractivity (Wildman–Crippen MR) is 136 cm³/mol. The monoisotopic (exact) mass is 533 g/mol. The Morgan fingerprint density at radius 2 is 1.77 bits per heavy atom. The van der Waals surface area contributed by atoms with Crippen molar-refractivity contribution in [1.29, 1.82) is 0 Å². The molecule has 2 heterocycles. The molecule has 0 atom stereocenters. The summed E-state index contributed by atoms with van der Waals surface area (Å²) in [6.07, 6.45) is 1.68. The number of benzene rings is 3. The molecule has 0 spiro atoms. The molecular weight excluding hydrogens is 514 g/mol. The third-order valence-corrected chi connectivity index (χ3v) is 6.49. The van der Waals surface area contributed by atoms with E-state index in [1.54, 1.807) is 45.5 Å². The quantitative estimate of drug-likeness (QED) is 0.265. The Labute approximate surface area is 208 Å². The molecule has 35 heavy (non-hydrogen) atoms. The number of hydrogen-bond donors (Lipinski definition) is 1. The van der Waals surface area contributed by atoms with Gasteiger partial charge in [-0.1, -0.05) is 17.3 Å². The Morgan fingerprint density at radius 3 is 2.51 bits per heavy atom. The normalized spacial score (nSPS) is 11.0. The molecule has 176 valence electrons. The molecule has 1 N–H and O–H groups in total. The molecule has 0 unspecified atom stereocenters. The van der Waals surface area contributed by atoms with Gasteiger partial charge in [-0.05, 0) is 70.0 Å². The first-order chi connectivity index (χ1) is 17.0. The number of pyridine rings is 1. The summed E-state index contributed by atoms with van der Waals surface area (Å²) in [6.45, 7) is 1.75. The highest BCUT2D eigenvalue weighted by Crippen LogP contribution is 2.37. The van der Waals surface area contributed by atoms with Crippen molar-refractivity contribution in [3.8, 4) is 23.0 Å². The first kappa shape index (κ1) is 22.7. The number of ether oxygens (including phenoxy) is 3. The van der Waals surface area contributed by atoms with Crippen molar-refractivity contribution >= 4 is 49.3 Å². The molecule has 0 aliphatic heterocycles. The Kier molecular flexibility index (Phi) is 6.00. The smallest absolute Gasteiger partial charge is 0.257 e. The van der Waals surface area contributed by atoms with Crippen molar-refractivity contribution in [2.45, 2.75) is 6.92 Å². The SMILES string of the molecule is COc1cc2nccc(Oc3ccc4c(C(=O)Nc5noc(C)c5Br)cccc4c3)c2cc1OC. The zero-order valence-corrected chi connectivity index (χ0v) is 20.7. The van der Waals surface area contributed by atoms with Gasteiger partial charge in [0.15, 0.2) is 17.3 Å². The van der Waals surface area contributed by atoms with Crippen LogP contribution in [0.3, 0.4) is 0 Å². The largest absolute Gasteiger partial charge is 0.493 e. The maximum atomic E-state index is 13.0. The summed E-state index contributed by atoms with van der Waals surface area (Å²) in [5.41, 5.74) is 1.22. The molecule has 0 fully saturated rings. The summed E-state index contributed by atoms with van der Waals surface area (Å²) >= 11 is 3.37. The number of halogens is 1. The van der Waals surface area contributed by atoms with Crippen LogP contribution in [0.15, 0.2) is 69.8 Å². The lowest BCUT2D eigenvalue weighted by Gasteiger charge is -2.13. The van der Waals surface area contributed by atoms with Crippen molar-refractivity contribution in [1.82, 2.24) is 10.1 Å². The fraction of sp³-hybridized carbons (Fsp3) is 0.115. The van der Waals surface area contributed by atoms with Gasteiger partial charge in [0.05, 0.1) is 19.7 Å². The number of nitrogens with zero attached hydrogens (tertiary/aromatic N) is 2. The molecule has 5 aromatic rings. The average Bonchev–Trinajstić information content (AvgIpc) is 3.19. The minimum absolute atomic E-state index is 0.292. The van der Waals surface area contributed by atoms with E-state index in [9.17, 15) is 4.79 Å². The third kappa shape index (κ3) is 4.26. The minimum atomic E-state index is -0.292. The second-order valence-electron chi connectivity index (χ2n) is 7.68. The number of carbonyl (C=O) groups excluding carboxylic acids is 1. The lowest BCUT2D eigenvalue weighted by Crippen LogP contribution is -2.13. The van der Waals surface area contributed by atoms with Crippen LogP contribution in [0, 0.1) is 6.92 Å². The Hall–Kier alpha value is -4.11. The highest BCUT2D eigenvalue weighted by molar-refractivity contribution is 9.10. The number of aromatic nitrogens is 2. The van der Waals surface area contributed by atoms with E-state index in [-0.39, 0.29) is 5.91 Å². The summed E-state index contributed by atoms with van der Waals surface area (Å²) in [6, 6.07) is 16.5. The van der Waals surface area contributed by atoms with Gasteiger partial charge in [-0.2, -0.15) is 0 Å². The van der Waals surface area contributed by atoms with Crippen LogP contribution in [0.25, 0.3) is 21.7 Å². The number of carbonyl (C=O) groups is 1. The van der Waals surface area contributed by atoms with Gasteiger partial charge in [0.2, 0.25) is 0 Å². The van der Waals surface area contributed by atoms with Crippen LogP contribution in [-0.4, -0.2) is 30.3 Å². The topological polar surface area (TPSA) is 95.7 Å². The van der Waals surface area contributed by atoms with Crippen LogP contribution in [0.1, 0.15) is 16.1 Å². The maximum absolute atomic E-state index is 13.0. The Morgan fingerprint density at radius 1 is 0.971 bits per heavy atom. The van der Waals surface area contributed by atoms with Gasteiger partial charge in [0.1, 0.15) is 21.7 Å². The molecule has 0 saturated heterocycles. The second-order valence-corrected chi connectivity index (χ2v) is 8.47. The molecule has 1 amide bonds. The fourth-order valence-electron chi connectivity index (χ4n) is 3.80. The number of nitrogens with one attached hydrogen (secondary N) is 1. The molecule has 2 aromatic heterocycles. The van der Waals surface area contributed by atoms with E-state index >= 15 is 0 Å². The first-order valence-electron chi connectivity index (χ1n) is 10.6. The molecule has 0 radical (unpaired) electrons. The van der Waals surface area contributed by atoms with Crippen molar-refractivity contribution in [2.24, 2.45) is 0 Å². The highest BCUT2D eigenvalue weighted by atomic mass is 79.9. The van der Waals surface area contributed by atoms with Crippen molar-refractivity contribution in [2.75, 3.05) is 19.5 Å². The summed E-state index contributed by atoms with van der Waals surface area (Å²) in [7, 11) is 3.17. The zero-order valence-electron chi connectivity index (χ0n) is 19.1. The van der Waals surface area contributed by atoms with E-state index < -0.39 is 0 Å². The van der Waals surface area contributed by atoms with E-state index in [2.05, 4.69) is 31.4 Å². The molecule has 0 saturated carbocycles. The van der Waals surface area contributed by atoms with Gasteiger partial charge in [0.25, 0.3) is 5.91 Å². The number of methoxy groups -OCH3 is 2. The molecule has 5 rings (SSSR count). The van der Waals surface area contributed by atoms with Crippen LogP contribution in [-0.2, 0) is 0 Å². The summed E-state index contributed by atoms with van der Waals surface area (Å²) in [4.78, 5) is 17.4. The summed E-state index contributed by atoms with van der Waals surface area (Å²) in [5, 5.41) is 9.07. The van der Waals surface area contributed by atoms with E-state index in [4.69, 9.17) is 18.7 Å². The van der Waals surface area contributed by atoms with Crippen LogP contribution in [0.5, 0.6) is 23.0 Å². The van der Waals surface area contributed by atoms with E-state index in [0.29, 0.717) is 50.1 Å². The molecule has 8 nitrogen and oxygen atoms in total. The summed E-state index contributed by atoms with van der Waals surface area (Å²) in [5.74, 6) is 3.04. The number of anilines is 1. The molecular formula is C26H20BrN3O5. The van der Waals surface area contributed by atoms with Gasteiger partial charge in [0, 0.05) is 23.2 Å². The van der Waals surface area contributed by atoms with Gasteiger partial charge in [-0.3, -0.25) is 9.78 Å². The van der Waals surface area contributed by atoms with E-state index in [1.165, 1.54) is 0 Å². The highest BCUT2D eigenvalue weighted by Gasteiger charge is 2.17. The van der Waals surface area contributed by atoms with Crippen molar-refractivity contribution in [3.63, 3.8) is 0 Å². The van der Waals surface area contributed by atoms with Crippen LogP contribution in [0.2, 0.25) is 0 Å². The first-order valence-corrected chi connectivity index (χ1v) is 11.4. The number of aryl methyl sites for hydroxylation is 1. The zero-order chi connectivity index (χ0) is 24.5. The standard InChI is InChI=1S/C26H20BrN3O5/c1-14-24(27)25(30-35-14)29-26(31)18-6-4-5-15-11-16(7-8-17(15)18)34-21-9-10-28-20-13-23(33-3)22(32-2)12-19(20)21/h4-13H,1-3H3,(H,29,30,31). The van der Waals surface area contributed by atoms with Crippen LogP contribution < -0.4 is 19.5 Å². The third-order valence-electron chi connectivity index (χ3n) is 5.55. The predicted octanol–water partition coefficient (Wildman–Crippen LogP) is 6.51. The number of fused-ring (bicyclic) bond motifs is 2. The fourth-order valence-corrected chi connectivity index (χ4v) is 4.04. The molecule has 9 heteroatoms. The Balaban J connectivity index is 1.47. The Bertz CT molecular complexity index is 1580. The van der Waals surface area contributed by atoms with Crippen LogP contribution >= 0.6 is 15.9 Å². The number of rotatable bonds is 6. The maximum Gasteiger partial charge on any atom is 0.257 e. The van der Waals surface area contributed by atoms with E-state index in [1.807, 2.05) is 36.4 Å². The molecule has 3 aromatic carbocycles. The molecule has 0 bridgehead atoms. The van der Waals surface area contributed by atoms with E-state index in [0.717, 1.165) is 16.2 Å². The van der Waals surface area contributed by atoms with Gasteiger partial charge < -0.3 is 24.1 Å². The van der Waals surface area contributed by atoms with Crippen molar-refractivity contribution in [3.05, 3.63) is 76.6 Å². The van der Waals surface area contributed by atoms with Gasteiger partial charge >= 0.3 is 0 Å². The van der Waals surface area contributed by atoms with Crippen LogP contribution in [0.4, 0.5) is 5.82 Å². The average molecular weight is 534 g/mol. The number of amides is 1. The lowest BCUT2D eigenvalue weighted by molar-refractivity contribution is 0.102. The van der Waals surface area contributed by atoms with Gasteiger partial charge in [-0.25, -0.2) is 0 Å². The minimum Gasteiger partial charge on any atom is -0.493 e. The summed E-state index contributed by atoms with van der Waals surface area (Å²) < 4.78 is 22.7. The lowest BCUT2D eigenvalue weighted by atomic mass is 10.0. The van der Waals surface area contributed by atoms with Gasteiger partial charge in [-0.15, -0.1) is 0 Å². The number of hydrogen-bond acceptors (Lipinski definition) is 7. The second kappa shape index (κ2) is 9.27.